The van der Waals surface area contributed by atoms with Crippen molar-refractivity contribution in [2.24, 2.45) is 5.73 Å². The van der Waals surface area contributed by atoms with E-state index in [1.807, 2.05) is 0 Å². The largest absolute Gasteiger partial charge is 0.350 e. The highest BCUT2D eigenvalue weighted by Crippen LogP contribution is 2.33. The highest BCUT2D eigenvalue weighted by atomic mass is 19.2. The van der Waals surface area contributed by atoms with Gasteiger partial charge in [-0.15, -0.1) is 0 Å². The summed E-state index contributed by atoms with van der Waals surface area (Å²) in [4.78, 5) is 0. The third-order valence-electron chi connectivity index (χ3n) is 3.54. The van der Waals surface area contributed by atoms with Gasteiger partial charge in [0.25, 0.3) is 0 Å². The third-order valence-corrected chi connectivity index (χ3v) is 3.54. The molecule has 0 saturated carbocycles. The molecule has 2 aromatic rings. The van der Waals surface area contributed by atoms with Crippen molar-refractivity contribution in [3.63, 3.8) is 0 Å². The quantitative estimate of drug-likeness (QED) is 0.794. The van der Waals surface area contributed by atoms with Crippen LogP contribution in [0.3, 0.4) is 0 Å². The van der Waals surface area contributed by atoms with E-state index in [4.69, 9.17) is 5.73 Å². The van der Waals surface area contributed by atoms with Crippen LogP contribution >= 0.6 is 0 Å². The molecule has 0 aliphatic heterocycles. The van der Waals surface area contributed by atoms with Crippen LogP contribution < -0.4 is 11.1 Å². The second-order valence-corrected chi connectivity index (χ2v) is 5.39. The number of hydrogen-bond donors (Lipinski definition) is 2. The number of aryl methyl sites for hydroxylation is 1. The molecule has 5 heteroatoms. The average Bonchev–Trinajstić information content (AvgIpc) is 2.52. The van der Waals surface area contributed by atoms with E-state index in [2.05, 4.69) is 11.9 Å². The van der Waals surface area contributed by atoms with Gasteiger partial charge in [-0.1, -0.05) is 12.6 Å². The number of halogens is 3. The zero-order chi connectivity index (χ0) is 17.0. The first-order valence-electron chi connectivity index (χ1n) is 7.33. The van der Waals surface area contributed by atoms with Gasteiger partial charge in [-0.05, 0) is 61.7 Å². The summed E-state index contributed by atoms with van der Waals surface area (Å²) >= 11 is 0. The van der Waals surface area contributed by atoms with E-state index in [0.29, 0.717) is 30.5 Å². The number of nitrogens with one attached hydrogen (secondary N) is 1. The Kier molecular flexibility index (Phi) is 5.45. The zero-order valence-corrected chi connectivity index (χ0v) is 12.9. The lowest BCUT2D eigenvalue weighted by atomic mass is 10.00. The number of allylic oxidation sites excluding steroid dienone is 1. The van der Waals surface area contributed by atoms with Crippen LogP contribution in [0.2, 0.25) is 0 Å². The average molecular weight is 320 g/mol. The third kappa shape index (κ3) is 3.93. The molecule has 2 aromatic carbocycles. The van der Waals surface area contributed by atoms with Crippen molar-refractivity contribution in [1.82, 2.24) is 0 Å². The molecule has 0 aromatic heterocycles. The summed E-state index contributed by atoms with van der Waals surface area (Å²) in [7, 11) is 0. The van der Waals surface area contributed by atoms with Crippen LogP contribution in [0, 0.1) is 24.4 Å². The molecule has 0 saturated heterocycles. The maximum Gasteiger partial charge on any atom is 0.182 e. The molecule has 0 heterocycles. The Bertz CT molecular complexity index is 726. The van der Waals surface area contributed by atoms with Crippen molar-refractivity contribution in [1.29, 1.82) is 0 Å². The number of rotatable bonds is 6. The number of hydrogen-bond acceptors (Lipinski definition) is 2. The molecule has 0 spiro atoms. The Morgan fingerprint density at radius 2 is 1.87 bits per heavy atom. The molecule has 0 amide bonds. The predicted octanol–water partition coefficient (Wildman–Crippen LogP) is 4.91. The zero-order valence-electron chi connectivity index (χ0n) is 12.9. The van der Waals surface area contributed by atoms with Crippen LogP contribution in [0.5, 0.6) is 0 Å². The van der Waals surface area contributed by atoms with Crippen molar-refractivity contribution in [3.05, 3.63) is 65.5 Å². The Labute approximate surface area is 133 Å². The monoisotopic (exact) mass is 320 g/mol. The maximum atomic E-state index is 14.2. The van der Waals surface area contributed by atoms with Gasteiger partial charge >= 0.3 is 0 Å². The summed E-state index contributed by atoms with van der Waals surface area (Å²) in [5.74, 6) is -2.60. The van der Waals surface area contributed by atoms with Crippen LogP contribution in [-0.4, -0.2) is 6.54 Å². The second kappa shape index (κ2) is 7.33. The minimum absolute atomic E-state index is 0.0768. The van der Waals surface area contributed by atoms with Crippen LogP contribution in [0.1, 0.15) is 24.0 Å². The van der Waals surface area contributed by atoms with Crippen LogP contribution in [0.4, 0.5) is 24.5 Å². The van der Waals surface area contributed by atoms with Crippen molar-refractivity contribution in [2.45, 2.75) is 19.8 Å². The number of benzene rings is 2. The summed E-state index contributed by atoms with van der Waals surface area (Å²) in [5.41, 5.74) is 7.19. The van der Waals surface area contributed by atoms with Gasteiger partial charge in [-0.25, -0.2) is 13.2 Å². The Morgan fingerprint density at radius 3 is 2.52 bits per heavy atom. The molecule has 2 nitrogen and oxygen atoms in total. The summed E-state index contributed by atoms with van der Waals surface area (Å²) in [5, 5.41) is 2.65. The van der Waals surface area contributed by atoms with Crippen LogP contribution in [0.25, 0.3) is 5.57 Å². The topological polar surface area (TPSA) is 38.0 Å². The fraction of sp³-hybridized carbons (Fsp3) is 0.222. The lowest BCUT2D eigenvalue weighted by Crippen LogP contribution is -2.04. The van der Waals surface area contributed by atoms with Crippen molar-refractivity contribution < 1.29 is 13.2 Å². The molecule has 0 atom stereocenters. The molecule has 0 unspecified atom stereocenters. The van der Waals surface area contributed by atoms with E-state index in [1.165, 1.54) is 18.2 Å². The first-order chi connectivity index (χ1) is 10.9. The van der Waals surface area contributed by atoms with Gasteiger partial charge in [-0.2, -0.15) is 0 Å². The van der Waals surface area contributed by atoms with Gasteiger partial charge in [-0.3, -0.25) is 0 Å². The van der Waals surface area contributed by atoms with Gasteiger partial charge in [0.1, 0.15) is 5.82 Å². The first kappa shape index (κ1) is 17.1. The van der Waals surface area contributed by atoms with E-state index in [0.717, 1.165) is 11.6 Å². The van der Waals surface area contributed by atoms with E-state index in [1.54, 1.807) is 13.0 Å². The Morgan fingerprint density at radius 1 is 1.13 bits per heavy atom. The summed E-state index contributed by atoms with van der Waals surface area (Å²) in [6.45, 7) is 6.11. The Hall–Kier alpha value is -2.27. The maximum absolute atomic E-state index is 14.2. The minimum Gasteiger partial charge on any atom is -0.350 e. The van der Waals surface area contributed by atoms with Gasteiger partial charge in [0, 0.05) is 5.56 Å². The molecule has 0 radical (unpaired) electrons. The fourth-order valence-electron chi connectivity index (χ4n) is 2.27. The highest BCUT2D eigenvalue weighted by molar-refractivity contribution is 5.78. The smallest absolute Gasteiger partial charge is 0.182 e. The molecule has 0 aliphatic rings. The summed E-state index contributed by atoms with van der Waals surface area (Å²) in [6.07, 6.45) is 1.22. The fourth-order valence-corrected chi connectivity index (χ4v) is 2.27. The van der Waals surface area contributed by atoms with Crippen molar-refractivity contribution in [2.75, 3.05) is 11.9 Å². The van der Waals surface area contributed by atoms with Crippen LogP contribution in [0.15, 0.2) is 36.9 Å². The van der Waals surface area contributed by atoms with E-state index in [-0.39, 0.29) is 11.4 Å². The molecular formula is C18H19F3N2. The molecule has 0 fully saturated rings. The van der Waals surface area contributed by atoms with E-state index in [9.17, 15) is 13.2 Å². The van der Waals surface area contributed by atoms with Gasteiger partial charge in [0.2, 0.25) is 0 Å². The normalized spacial score (nSPS) is 10.7. The van der Waals surface area contributed by atoms with Gasteiger partial charge in [0.15, 0.2) is 11.6 Å². The van der Waals surface area contributed by atoms with Gasteiger partial charge in [0.05, 0.1) is 11.4 Å². The van der Waals surface area contributed by atoms with Gasteiger partial charge < -0.3 is 11.1 Å². The van der Waals surface area contributed by atoms with Crippen molar-refractivity contribution >= 4 is 16.9 Å². The minimum atomic E-state index is -1.06. The lowest BCUT2D eigenvalue weighted by Gasteiger charge is -2.16. The van der Waals surface area contributed by atoms with Crippen LogP contribution in [-0.2, 0) is 0 Å². The standard InChI is InChI=1S/C18H19F3N2/c1-11-5-8-16(15(20)10-11)23-18-13(12(2)4-3-9-22)6-7-14(19)17(18)21/h5-8,10,23H,2-4,9,22H2,1H3. The number of nitrogens with two attached hydrogens (primary N) is 1. The molecule has 3 N–H and O–H groups in total. The summed E-state index contributed by atoms with van der Waals surface area (Å²) in [6, 6.07) is 6.97. The molecule has 2 rings (SSSR count). The molecule has 0 bridgehead atoms. The summed E-state index contributed by atoms with van der Waals surface area (Å²) < 4.78 is 41.8. The lowest BCUT2D eigenvalue weighted by molar-refractivity contribution is 0.511. The van der Waals surface area contributed by atoms with E-state index >= 15 is 0 Å². The molecule has 23 heavy (non-hydrogen) atoms. The second-order valence-electron chi connectivity index (χ2n) is 5.39. The molecule has 122 valence electrons. The van der Waals surface area contributed by atoms with Crippen molar-refractivity contribution in [3.8, 4) is 0 Å². The van der Waals surface area contributed by atoms with E-state index < -0.39 is 17.5 Å². The predicted molar refractivity (Wildman–Crippen MR) is 88.1 cm³/mol. The number of anilines is 2. The molecule has 0 aliphatic carbocycles. The SMILES string of the molecule is C=C(CCCN)c1ccc(F)c(F)c1Nc1ccc(C)cc1F. The first-order valence-corrected chi connectivity index (χ1v) is 7.33. The molecular weight excluding hydrogens is 301 g/mol. The highest BCUT2D eigenvalue weighted by Gasteiger charge is 2.17. The Balaban J connectivity index is 2.43.